The molecule has 0 aliphatic heterocycles. The summed E-state index contributed by atoms with van der Waals surface area (Å²) in [6, 6.07) is 0.271. The highest BCUT2D eigenvalue weighted by Gasteiger charge is 2.14. The topological polar surface area (TPSA) is 64.7 Å². The second-order valence-electron chi connectivity index (χ2n) is 15.3. The van der Waals surface area contributed by atoms with Crippen LogP contribution in [0, 0.1) is 0 Å². The van der Waals surface area contributed by atoms with Gasteiger partial charge >= 0.3 is 12.1 Å². The summed E-state index contributed by atoms with van der Waals surface area (Å²) in [6.07, 6.45) is 40.1. The lowest BCUT2D eigenvalue weighted by atomic mass is 10.1. The minimum absolute atomic E-state index is 0.135. The predicted octanol–water partition coefficient (Wildman–Crippen LogP) is 13.6. The molecule has 0 aromatic carbocycles. The fraction of sp³-hybridized carbons (Fsp3) is 0.955. The molecule has 0 aromatic heterocycles. The number of nitrogens with one attached hydrogen (secondary N) is 2. The van der Waals surface area contributed by atoms with Gasteiger partial charge in [0.25, 0.3) is 0 Å². The number of carbonyl (C=O) groups is 2. The highest BCUT2D eigenvalue weighted by Crippen LogP contribution is 2.13. The first-order valence-electron chi connectivity index (χ1n) is 22.7. The zero-order valence-corrected chi connectivity index (χ0v) is 34.6. The van der Waals surface area contributed by atoms with Crippen molar-refractivity contribution in [3.8, 4) is 0 Å². The van der Waals surface area contributed by atoms with E-state index in [9.17, 15) is 9.59 Å². The van der Waals surface area contributed by atoms with Crippen LogP contribution in [-0.2, 0) is 0 Å². The molecule has 0 aliphatic rings. The number of carbonyl (C=O) groups excluding carboxylic acids is 2. The zero-order valence-electron chi connectivity index (χ0n) is 34.6. The fourth-order valence-electron chi connectivity index (χ4n) is 6.89. The van der Waals surface area contributed by atoms with Gasteiger partial charge in [-0.1, -0.05) is 195 Å². The molecule has 0 aromatic rings. The molecular formula is C44H90N4O2. The van der Waals surface area contributed by atoms with Crippen LogP contribution in [0.25, 0.3) is 0 Å². The average Bonchev–Trinajstić information content (AvgIpc) is 3.12. The molecule has 0 bridgehead atoms. The number of rotatable bonds is 39. The van der Waals surface area contributed by atoms with Crippen molar-refractivity contribution in [2.45, 2.75) is 233 Å². The van der Waals surface area contributed by atoms with Crippen LogP contribution in [0.1, 0.15) is 233 Å². The Bertz CT molecular complexity index is 610. The Balaban J connectivity index is 4.37. The van der Waals surface area contributed by atoms with E-state index in [4.69, 9.17) is 0 Å². The summed E-state index contributed by atoms with van der Waals surface area (Å²) >= 11 is 0. The van der Waals surface area contributed by atoms with Gasteiger partial charge in [0, 0.05) is 39.3 Å². The summed E-state index contributed by atoms with van der Waals surface area (Å²) in [5, 5.41) is 6.46. The minimum Gasteiger partial charge on any atom is -0.338 e. The van der Waals surface area contributed by atoms with E-state index in [1.54, 1.807) is 0 Å². The van der Waals surface area contributed by atoms with Gasteiger partial charge in [-0.25, -0.2) is 9.59 Å². The average molecular weight is 707 g/mol. The van der Waals surface area contributed by atoms with Gasteiger partial charge in [0.2, 0.25) is 0 Å². The lowest BCUT2D eigenvalue weighted by Crippen LogP contribution is -2.41. The van der Waals surface area contributed by atoms with Gasteiger partial charge in [0.05, 0.1) is 0 Å². The van der Waals surface area contributed by atoms with Crippen LogP contribution in [0.5, 0.6) is 0 Å². The van der Waals surface area contributed by atoms with Crippen LogP contribution in [0.15, 0.2) is 0 Å². The molecule has 298 valence electrons. The van der Waals surface area contributed by atoms with Gasteiger partial charge in [-0.15, -0.1) is 0 Å². The lowest BCUT2D eigenvalue weighted by Gasteiger charge is -2.23. The maximum atomic E-state index is 13.1. The van der Waals surface area contributed by atoms with Gasteiger partial charge in [-0.05, 0) is 38.5 Å². The SMILES string of the molecule is CCCCCCCCCN(CCCCCCCCC)C(=O)NCCCCCCNC(=O)N(CCCCCCCCC)CCCCCCCCC. The molecule has 0 spiro atoms. The molecule has 0 saturated heterocycles. The fourth-order valence-corrected chi connectivity index (χ4v) is 6.89. The first-order valence-corrected chi connectivity index (χ1v) is 22.7. The van der Waals surface area contributed by atoms with Crippen molar-refractivity contribution in [1.82, 2.24) is 20.4 Å². The van der Waals surface area contributed by atoms with Crippen LogP contribution >= 0.6 is 0 Å². The Morgan fingerprint density at radius 1 is 0.300 bits per heavy atom. The van der Waals surface area contributed by atoms with E-state index in [1.165, 1.54) is 154 Å². The molecule has 50 heavy (non-hydrogen) atoms. The number of urea groups is 2. The van der Waals surface area contributed by atoms with Crippen molar-refractivity contribution < 1.29 is 9.59 Å². The van der Waals surface area contributed by atoms with Gasteiger partial charge in [-0.3, -0.25) is 0 Å². The number of hydrogen-bond donors (Lipinski definition) is 2. The third-order valence-electron chi connectivity index (χ3n) is 10.4. The molecule has 0 rings (SSSR count). The third-order valence-corrected chi connectivity index (χ3v) is 10.4. The summed E-state index contributed by atoms with van der Waals surface area (Å²) in [4.78, 5) is 30.4. The molecule has 4 amide bonds. The van der Waals surface area contributed by atoms with Crippen molar-refractivity contribution in [3.63, 3.8) is 0 Å². The van der Waals surface area contributed by atoms with Crippen LogP contribution < -0.4 is 10.6 Å². The van der Waals surface area contributed by atoms with Crippen molar-refractivity contribution >= 4 is 12.1 Å². The lowest BCUT2D eigenvalue weighted by molar-refractivity contribution is 0.193. The summed E-state index contributed by atoms with van der Waals surface area (Å²) in [5.41, 5.74) is 0. The van der Waals surface area contributed by atoms with Crippen molar-refractivity contribution in [2.75, 3.05) is 39.3 Å². The largest absolute Gasteiger partial charge is 0.338 e. The van der Waals surface area contributed by atoms with E-state index in [0.717, 1.165) is 90.6 Å². The standard InChI is InChI=1S/C44H90N4O2/c1-5-9-13-17-21-27-33-39-47(40-34-28-22-18-14-10-6-2)43(49)45-37-31-25-26-32-38-46-44(50)48(41-35-29-23-19-15-11-7-3)42-36-30-24-20-16-12-8-4/h5-42H2,1-4H3,(H,45,49)(H,46,50). The Labute approximate surface area is 313 Å². The van der Waals surface area contributed by atoms with Crippen LogP contribution in [0.3, 0.4) is 0 Å². The smallest absolute Gasteiger partial charge is 0.317 e. The number of nitrogens with zero attached hydrogens (tertiary/aromatic N) is 2. The second kappa shape index (κ2) is 40.3. The Morgan fingerprint density at radius 3 is 0.740 bits per heavy atom. The summed E-state index contributed by atoms with van der Waals surface area (Å²) in [6.45, 7) is 14.1. The maximum Gasteiger partial charge on any atom is 0.317 e. The molecule has 0 fully saturated rings. The first kappa shape index (κ1) is 48.5. The van der Waals surface area contributed by atoms with Crippen LogP contribution in [0.2, 0.25) is 0 Å². The van der Waals surface area contributed by atoms with E-state index < -0.39 is 0 Å². The quantitative estimate of drug-likeness (QED) is 0.0625. The zero-order chi connectivity index (χ0) is 36.6. The second-order valence-corrected chi connectivity index (χ2v) is 15.3. The van der Waals surface area contributed by atoms with E-state index in [1.807, 2.05) is 0 Å². The molecule has 0 radical (unpaired) electrons. The minimum atomic E-state index is 0.135. The van der Waals surface area contributed by atoms with Crippen LogP contribution in [0.4, 0.5) is 9.59 Å². The molecule has 2 N–H and O–H groups in total. The number of amides is 4. The summed E-state index contributed by atoms with van der Waals surface area (Å²) in [5.74, 6) is 0. The number of unbranched alkanes of at least 4 members (excludes halogenated alkanes) is 27. The van der Waals surface area contributed by atoms with Gasteiger partial charge in [-0.2, -0.15) is 0 Å². The van der Waals surface area contributed by atoms with E-state index in [-0.39, 0.29) is 12.1 Å². The molecule has 0 aliphatic carbocycles. The van der Waals surface area contributed by atoms with Crippen molar-refractivity contribution in [1.29, 1.82) is 0 Å². The molecule has 0 atom stereocenters. The summed E-state index contributed by atoms with van der Waals surface area (Å²) in [7, 11) is 0. The summed E-state index contributed by atoms with van der Waals surface area (Å²) < 4.78 is 0. The normalized spacial score (nSPS) is 11.2. The Morgan fingerprint density at radius 2 is 0.500 bits per heavy atom. The van der Waals surface area contributed by atoms with Crippen LogP contribution in [-0.4, -0.2) is 61.1 Å². The van der Waals surface area contributed by atoms with Crippen molar-refractivity contribution in [3.05, 3.63) is 0 Å². The van der Waals surface area contributed by atoms with Gasteiger partial charge in [0.1, 0.15) is 0 Å². The van der Waals surface area contributed by atoms with E-state index in [0.29, 0.717) is 0 Å². The van der Waals surface area contributed by atoms with Crippen molar-refractivity contribution in [2.24, 2.45) is 0 Å². The molecule has 0 saturated carbocycles. The highest BCUT2D eigenvalue weighted by molar-refractivity contribution is 5.74. The van der Waals surface area contributed by atoms with Gasteiger partial charge < -0.3 is 20.4 Å². The Kier molecular flexibility index (Phi) is 39.1. The maximum absolute atomic E-state index is 13.1. The number of hydrogen-bond acceptors (Lipinski definition) is 2. The molecule has 6 heteroatoms. The molecule has 0 unspecified atom stereocenters. The Hall–Kier alpha value is -1.46. The van der Waals surface area contributed by atoms with Gasteiger partial charge in [0.15, 0.2) is 0 Å². The molecule has 6 nitrogen and oxygen atoms in total. The first-order chi connectivity index (χ1) is 24.6. The third kappa shape index (κ3) is 33.7. The molecule has 0 heterocycles. The monoisotopic (exact) mass is 707 g/mol. The van der Waals surface area contributed by atoms with E-state index >= 15 is 0 Å². The van der Waals surface area contributed by atoms with E-state index in [2.05, 4.69) is 48.1 Å². The highest BCUT2D eigenvalue weighted by atomic mass is 16.2. The predicted molar refractivity (Wildman–Crippen MR) is 220 cm³/mol. The molecular weight excluding hydrogens is 617 g/mol.